The Hall–Kier alpha value is -1.49. The quantitative estimate of drug-likeness (QED) is 0.571. The summed E-state index contributed by atoms with van der Waals surface area (Å²) >= 11 is 1.69. The molecule has 0 aromatic heterocycles. The van der Waals surface area contributed by atoms with Gasteiger partial charge >= 0.3 is 0 Å². The van der Waals surface area contributed by atoms with E-state index in [1.54, 1.807) is 11.8 Å². The molecule has 0 aliphatic heterocycles. The number of rotatable bonds is 8. The Bertz CT molecular complexity index is 515. The topological polar surface area (TPSA) is 58.2 Å². The van der Waals surface area contributed by atoms with E-state index < -0.39 is 0 Å². The van der Waals surface area contributed by atoms with E-state index in [2.05, 4.69) is 42.7 Å². The predicted octanol–water partition coefficient (Wildman–Crippen LogP) is 2.67. The third-order valence-corrected chi connectivity index (χ3v) is 4.34. The van der Waals surface area contributed by atoms with Gasteiger partial charge in [-0.15, -0.1) is 11.8 Å². The summed E-state index contributed by atoms with van der Waals surface area (Å²) < 4.78 is 0. The van der Waals surface area contributed by atoms with Crippen LogP contribution in [0, 0.1) is 19.8 Å². The van der Waals surface area contributed by atoms with Crippen LogP contribution in [-0.4, -0.2) is 30.7 Å². The fourth-order valence-corrected chi connectivity index (χ4v) is 2.69. The molecule has 0 aliphatic carbocycles. The van der Waals surface area contributed by atoms with Crippen LogP contribution in [0.15, 0.2) is 23.1 Å². The average molecular weight is 322 g/mol. The Morgan fingerprint density at radius 2 is 1.77 bits per heavy atom. The largest absolute Gasteiger partial charge is 0.354 e. The molecule has 2 N–H and O–H groups in total. The normalized spacial score (nSPS) is 10.6. The van der Waals surface area contributed by atoms with Crippen LogP contribution in [0.1, 0.15) is 31.4 Å². The van der Waals surface area contributed by atoms with Crippen molar-refractivity contribution in [3.8, 4) is 0 Å². The molecule has 0 fully saturated rings. The molecular weight excluding hydrogens is 296 g/mol. The van der Waals surface area contributed by atoms with Crippen LogP contribution in [0.4, 0.5) is 0 Å². The maximum absolute atomic E-state index is 11.7. The monoisotopic (exact) mass is 322 g/mol. The van der Waals surface area contributed by atoms with Crippen LogP contribution in [0.25, 0.3) is 0 Å². The molecule has 0 saturated heterocycles. The molecule has 0 unspecified atom stereocenters. The van der Waals surface area contributed by atoms with Crippen molar-refractivity contribution >= 4 is 23.6 Å². The van der Waals surface area contributed by atoms with E-state index in [0.29, 0.717) is 19.5 Å². The number of carbonyl (C=O) groups excluding carboxylic acids is 2. The van der Waals surface area contributed by atoms with Gasteiger partial charge in [-0.3, -0.25) is 9.59 Å². The summed E-state index contributed by atoms with van der Waals surface area (Å²) in [5.74, 6) is 0.770. The van der Waals surface area contributed by atoms with Crippen LogP contribution in [0.5, 0.6) is 0 Å². The van der Waals surface area contributed by atoms with Gasteiger partial charge in [0.25, 0.3) is 0 Å². The first kappa shape index (κ1) is 18.6. The minimum absolute atomic E-state index is 0.0135. The third kappa shape index (κ3) is 6.98. The molecule has 0 heterocycles. The SMILES string of the molecule is Cc1ccc(SCCC(=O)NCCNC(=O)C(C)C)cc1C. The number of hydrogen-bond donors (Lipinski definition) is 2. The second-order valence-electron chi connectivity index (χ2n) is 5.64. The standard InChI is InChI=1S/C17H26N2O2S/c1-12(2)17(21)19-9-8-18-16(20)7-10-22-15-6-5-13(3)14(4)11-15/h5-6,11-12H,7-10H2,1-4H3,(H,18,20)(H,19,21). The van der Waals surface area contributed by atoms with Gasteiger partial charge in [-0.05, 0) is 37.1 Å². The van der Waals surface area contributed by atoms with E-state index >= 15 is 0 Å². The van der Waals surface area contributed by atoms with Gasteiger partial charge in [-0.25, -0.2) is 0 Å². The number of hydrogen-bond acceptors (Lipinski definition) is 3. The van der Waals surface area contributed by atoms with Crippen molar-refractivity contribution in [3.05, 3.63) is 29.3 Å². The molecule has 0 atom stereocenters. The molecule has 0 spiro atoms. The molecule has 0 radical (unpaired) electrons. The van der Waals surface area contributed by atoms with Gasteiger partial charge in [0.2, 0.25) is 11.8 Å². The molecule has 0 aliphatic rings. The van der Waals surface area contributed by atoms with Crippen LogP contribution >= 0.6 is 11.8 Å². The molecule has 0 saturated carbocycles. The van der Waals surface area contributed by atoms with Crippen molar-refractivity contribution in [2.24, 2.45) is 5.92 Å². The summed E-state index contributed by atoms with van der Waals surface area (Å²) in [6.07, 6.45) is 0.482. The highest BCUT2D eigenvalue weighted by Crippen LogP contribution is 2.21. The van der Waals surface area contributed by atoms with Crippen molar-refractivity contribution in [1.29, 1.82) is 0 Å². The Kier molecular flexibility index (Phi) is 8.02. The van der Waals surface area contributed by atoms with Gasteiger partial charge in [-0.1, -0.05) is 19.9 Å². The zero-order valence-electron chi connectivity index (χ0n) is 13.9. The van der Waals surface area contributed by atoms with Gasteiger partial charge in [0, 0.05) is 36.1 Å². The molecule has 1 aromatic carbocycles. The summed E-state index contributed by atoms with van der Waals surface area (Å²) in [6, 6.07) is 6.35. The summed E-state index contributed by atoms with van der Waals surface area (Å²) in [5.41, 5.74) is 2.56. The number of carbonyl (C=O) groups is 2. The lowest BCUT2D eigenvalue weighted by atomic mass is 10.1. The number of aryl methyl sites for hydroxylation is 2. The van der Waals surface area contributed by atoms with E-state index in [9.17, 15) is 9.59 Å². The van der Waals surface area contributed by atoms with Gasteiger partial charge in [-0.2, -0.15) is 0 Å². The molecule has 2 amide bonds. The number of benzene rings is 1. The first-order valence-electron chi connectivity index (χ1n) is 7.64. The zero-order chi connectivity index (χ0) is 16.5. The van der Waals surface area contributed by atoms with Crippen molar-refractivity contribution < 1.29 is 9.59 Å². The number of thioether (sulfide) groups is 1. The first-order chi connectivity index (χ1) is 10.4. The smallest absolute Gasteiger partial charge is 0.222 e. The fourth-order valence-electron chi connectivity index (χ4n) is 1.75. The molecule has 0 bridgehead atoms. The van der Waals surface area contributed by atoms with Crippen LogP contribution < -0.4 is 10.6 Å². The second kappa shape index (κ2) is 9.51. The number of nitrogens with one attached hydrogen (secondary N) is 2. The van der Waals surface area contributed by atoms with Gasteiger partial charge in [0.1, 0.15) is 0 Å². The second-order valence-corrected chi connectivity index (χ2v) is 6.81. The molecule has 5 heteroatoms. The Balaban J connectivity index is 2.15. The minimum Gasteiger partial charge on any atom is -0.354 e. The van der Waals surface area contributed by atoms with E-state index in [0.717, 1.165) is 5.75 Å². The average Bonchev–Trinajstić information content (AvgIpc) is 2.47. The van der Waals surface area contributed by atoms with Crippen molar-refractivity contribution in [2.75, 3.05) is 18.8 Å². The Labute approximate surface area is 137 Å². The van der Waals surface area contributed by atoms with Crippen LogP contribution in [0.3, 0.4) is 0 Å². The molecule has 1 rings (SSSR count). The van der Waals surface area contributed by atoms with E-state index in [1.807, 2.05) is 13.8 Å². The lowest BCUT2D eigenvalue weighted by molar-refractivity contribution is -0.124. The minimum atomic E-state index is -0.0231. The van der Waals surface area contributed by atoms with Crippen LogP contribution in [-0.2, 0) is 9.59 Å². The lowest BCUT2D eigenvalue weighted by Crippen LogP contribution is -2.36. The fraction of sp³-hybridized carbons (Fsp3) is 0.529. The van der Waals surface area contributed by atoms with Crippen molar-refractivity contribution in [3.63, 3.8) is 0 Å². The summed E-state index contributed by atoms with van der Waals surface area (Å²) in [5, 5.41) is 5.59. The molecule has 4 nitrogen and oxygen atoms in total. The maximum Gasteiger partial charge on any atom is 0.222 e. The third-order valence-electron chi connectivity index (χ3n) is 3.35. The Morgan fingerprint density at radius 3 is 2.41 bits per heavy atom. The molecular formula is C17H26N2O2S. The summed E-state index contributed by atoms with van der Waals surface area (Å²) in [7, 11) is 0. The van der Waals surface area contributed by atoms with E-state index in [-0.39, 0.29) is 17.7 Å². The highest BCUT2D eigenvalue weighted by atomic mass is 32.2. The number of amides is 2. The van der Waals surface area contributed by atoms with Crippen LogP contribution in [0.2, 0.25) is 0 Å². The molecule has 122 valence electrons. The summed E-state index contributed by atoms with van der Waals surface area (Å²) in [6.45, 7) is 8.83. The van der Waals surface area contributed by atoms with Crippen molar-refractivity contribution in [2.45, 2.75) is 39.0 Å². The Morgan fingerprint density at radius 1 is 1.09 bits per heavy atom. The van der Waals surface area contributed by atoms with Crippen molar-refractivity contribution in [1.82, 2.24) is 10.6 Å². The molecule has 1 aromatic rings. The van der Waals surface area contributed by atoms with Gasteiger partial charge in [0.05, 0.1) is 0 Å². The lowest BCUT2D eigenvalue weighted by Gasteiger charge is -2.09. The highest BCUT2D eigenvalue weighted by molar-refractivity contribution is 7.99. The highest BCUT2D eigenvalue weighted by Gasteiger charge is 2.06. The van der Waals surface area contributed by atoms with E-state index in [4.69, 9.17) is 0 Å². The summed E-state index contributed by atoms with van der Waals surface area (Å²) in [4.78, 5) is 24.2. The van der Waals surface area contributed by atoms with E-state index in [1.165, 1.54) is 16.0 Å². The van der Waals surface area contributed by atoms with Gasteiger partial charge in [0.15, 0.2) is 0 Å². The van der Waals surface area contributed by atoms with Gasteiger partial charge < -0.3 is 10.6 Å². The maximum atomic E-state index is 11.7. The molecule has 22 heavy (non-hydrogen) atoms. The first-order valence-corrected chi connectivity index (χ1v) is 8.63. The zero-order valence-corrected chi connectivity index (χ0v) is 14.7. The predicted molar refractivity (Wildman–Crippen MR) is 92.1 cm³/mol.